The molecule has 1 fully saturated rings. The maximum atomic E-state index is 11.8. The van der Waals surface area contributed by atoms with Crippen molar-refractivity contribution in [3.05, 3.63) is 0 Å². The molecule has 12 heavy (non-hydrogen) atoms. The summed E-state index contributed by atoms with van der Waals surface area (Å²) in [6.07, 6.45) is 1.89. The zero-order chi connectivity index (χ0) is 8.97. The fraction of sp³-hybridized carbons (Fsp3) is 1.00. The number of alkyl halides is 1. The third kappa shape index (κ3) is 3.05. The van der Waals surface area contributed by atoms with Crippen LogP contribution < -0.4 is 5.73 Å². The van der Waals surface area contributed by atoms with Gasteiger partial charge in [0.1, 0.15) is 12.8 Å². The maximum absolute atomic E-state index is 11.8. The van der Waals surface area contributed by atoms with Gasteiger partial charge in [-0.05, 0) is 19.3 Å². The van der Waals surface area contributed by atoms with Crippen molar-refractivity contribution < 1.29 is 14.2 Å². The Labute approximate surface area is 71.7 Å². The van der Waals surface area contributed by atoms with E-state index in [0.717, 1.165) is 19.3 Å². The van der Waals surface area contributed by atoms with Crippen LogP contribution in [0, 0.1) is 0 Å². The van der Waals surface area contributed by atoms with Crippen LogP contribution in [0.4, 0.5) is 4.39 Å². The lowest BCUT2D eigenvalue weighted by atomic mass is 10.3. The van der Waals surface area contributed by atoms with E-state index in [2.05, 4.69) is 0 Å². The van der Waals surface area contributed by atoms with Gasteiger partial charge < -0.3 is 15.6 Å². The molecule has 3 atom stereocenters. The molecule has 0 radical (unpaired) electrons. The predicted molar refractivity (Wildman–Crippen MR) is 43.5 cm³/mol. The molecule has 0 saturated heterocycles. The number of aliphatic hydroxyl groups is 1. The van der Waals surface area contributed by atoms with Crippen LogP contribution in [0.3, 0.4) is 0 Å². The Bertz CT molecular complexity index is 134. The predicted octanol–water partition coefficient (Wildman–Crippen LogP) is 0.213. The van der Waals surface area contributed by atoms with Gasteiger partial charge >= 0.3 is 0 Å². The van der Waals surface area contributed by atoms with Crippen LogP contribution in [0.25, 0.3) is 0 Å². The van der Waals surface area contributed by atoms with E-state index < -0.39 is 12.8 Å². The molecule has 0 heterocycles. The maximum Gasteiger partial charge on any atom is 0.118 e. The van der Waals surface area contributed by atoms with Crippen LogP contribution in [0.5, 0.6) is 0 Å². The molecule has 0 aromatic carbocycles. The highest BCUT2D eigenvalue weighted by atomic mass is 19.1. The lowest BCUT2D eigenvalue weighted by Gasteiger charge is -2.13. The average Bonchev–Trinajstić information content (AvgIpc) is 2.47. The van der Waals surface area contributed by atoms with Crippen LogP contribution in [0.15, 0.2) is 0 Å². The van der Waals surface area contributed by atoms with Crippen LogP contribution in [0.1, 0.15) is 19.3 Å². The Morgan fingerprint density at radius 1 is 1.58 bits per heavy atom. The van der Waals surface area contributed by atoms with Gasteiger partial charge in [-0.2, -0.15) is 0 Å². The van der Waals surface area contributed by atoms with Gasteiger partial charge in [-0.3, -0.25) is 0 Å². The first kappa shape index (κ1) is 9.89. The molecule has 1 aliphatic carbocycles. The molecule has 4 heteroatoms. The Kier molecular flexibility index (Phi) is 3.91. The monoisotopic (exact) mass is 177 g/mol. The molecule has 0 bridgehead atoms. The minimum Gasteiger partial charge on any atom is -0.388 e. The van der Waals surface area contributed by atoms with Gasteiger partial charge in [-0.15, -0.1) is 0 Å². The highest BCUT2D eigenvalue weighted by Crippen LogP contribution is 2.20. The molecular formula is C8H16FNO2. The van der Waals surface area contributed by atoms with Gasteiger partial charge in [0.05, 0.1) is 12.7 Å². The quantitative estimate of drug-likeness (QED) is 0.645. The van der Waals surface area contributed by atoms with Gasteiger partial charge in [-0.25, -0.2) is 4.39 Å². The Hall–Kier alpha value is -0.190. The van der Waals surface area contributed by atoms with E-state index in [9.17, 15) is 4.39 Å². The Morgan fingerprint density at radius 3 is 2.83 bits per heavy atom. The third-order valence-electron chi connectivity index (χ3n) is 2.13. The molecule has 0 aliphatic heterocycles. The van der Waals surface area contributed by atoms with Crippen molar-refractivity contribution in [3.8, 4) is 0 Å². The number of aliphatic hydroxyl groups excluding tert-OH is 1. The second kappa shape index (κ2) is 4.74. The van der Waals surface area contributed by atoms with Crippen LogP contribution in [-0.2, 0) is 4.74 Å². The highest BCUT2D eigenvalue weighted by Gasteiger charge is 2.22. The largest absolute Gasteiger partial charge is 0.388 e. The van der Waals surface area contributed by atoms with Gasteiger partial charge in [0, 0.05) is 6.04 Å². The Balaban J connectivity index is 2.07. The van der Waals surface area contributed by atoms with Crippen molar-refractivity contribution in [2.75, 3.05) is 13.3 Å². The van der Waals surface area contributed by atoms with E-state index in [1.165, 1.54) is 0 Å². The molecule has 3 N–H and O–H groups in total. The van der Waals surface area contributed by atoms with E-state index in [1.807, 2.05) is 0 Å². The van der Waals surface area contributed by atoms with Crippen molar-refractivity contribution >= 4 is 0 Å². The number of nitrogens with two attached hydrogens (primary N) is 1. The molecule has 1 rings (SSSR count). The summed E-state index contributed by atoms with van der Waals surface area (Å²) in [4.78, 5) is 0. The summed E-state index contributed by atoms with van der Waals surface area (Å²) in [5, 5.41) is 8.85. The van der Waals surface area contributed by atoms with Gasteiger partial charge in [0.2, 0.25) is 0 Å². The number of ether oxygens (including phenoxy) is 1. The minimum absolute atomic E-state index is 0.0912. The molecule has 0 aromatic heterocycles. The molecule has 1 unspecified atom stereocenters. The second-order valence-corrected chi connectivity index (χ2v) is 3.34. The van der Waals surface area contributed by atoms with E-state index in [1.54, 1.807) is 0 Å². The fourth-order valence-electron chi connectivity index (χ4n) is 1.42. The summed E-state index contributed by atoms with van der Waals surface area (Å²) >= 11 is 0. The van der Waals surface area contributed by atoms with Crippen molar-refractivity contribution in [1.29, 1.82) is 0 Å². The van der Waals surface area contributed by atoms with E-state index >= 15 is 0 Å². The topological polar surface area (TPSA) is 55.5 Å². The first-order valence-corrected chi connectivity index (χ1v) is 4.33. The number of hydrogen-bond donors (Lipinski definition) is 2. The second-order valence-electron chi connectivity index (χ2n) is 3.34. The van der Waals surface area contributed by atoms with Crippen LogP contribution in [-0.4, -0.2) is 36.6 Å². The van der Waals surface area contributed by atoms with Gasteiger partial charge in [-0.1, -0.05) is 0 Å². The van der Waals surface area contributed by atoms with Crippen LogP contribution in [0.2, 0.25) is 0 Å². The summed E-state index contributed by atoms with van der Waals surface area (Å²) in [7, 11) is 0. The van der Waals surface area contributed by atoms with Gasteiger partial charge in [0.15, 0.2) is 0 Å². The fourth-order valence-corrected chi connectivity index (χ4v) is 1.42. The first-order valence-electron chi connectivity index (χ1n) is 4.33. The SMILES string of the molecule is N[C@@H]1CC[C@@H](OCC(O)CF)C1. The zero-order valence-electron chi connectivity index (χ0n) is 7.08. The van der Waals surface area contributed by atoms with Crippen LogP contribution >= 0.6 is 0 Å². The molecule has 1 aliphatic rings. The van der Waals surface area contributed by atoms with Crippen molar-refractivity contribution in [1.82, 2.24) is 0 Å². The summed E-state index contributed by atoms with van der Waals surface area (Å²) in [6.45, 7) is -0.646. The molecule has 0 amide bonds. The molecular weight excluding hydrogens is 161 g/mol. The summed E-state index contributed by atoms with van der Waals surface area (Å²) < 4.78 is 17.0. The highest BCUT2D eigenvalue weighted by molar-refractivity contribution is 4.78. The summed E-state index contributed by atoms with van der Waals surface area (Å²) in [6, 6.07) is 0.220. The molecule has 0 spiro atoms. The molecule has 0 aromatic rings. The summed E-state index contributed by atoms with van der Waals surface area (Å²) in [5.74, 6) is 0. The molecule has 3 nitrogen and oxygen atoms in total. The standard InChI is InChI=1S/C8H16FNO2/c9-4-7(11)5-12-8-2-1-6(10)3-8/h6-8,11H,1-5,10H2/t6-,7?,8-/m1/s1. The summed E-state index contributed by atoms with van der Waals surface area (Å²) in [5.41, 5.74) is 5.65. The van der Waals surface area contributed by atoms with E-state index in [4.69, 9.17) is 15.6 Å². The number of hydrogen-bond acceptors (Lipinski definition) is 3. The number of halogens is 1. The van der Waals surface area contributed by atoms with E-state index in [-0.39, 0.29) is 18.8 Å². The van der Waals surface area contributed by atoms with Crippen molar-refractivity contribution in [2.24, 2.45) is 5.73 Å². The van der Waals surface area contributed by atoms with Gasteiger partial charge in [0.25, 0.3) is 0 Å². The minimum atomic E-state index is -0.971. The zero-order valence-corrected chi connectivity index (χ0v) is 7.08. The third-order valence-corrected chi connectivity index (χ3v) is 2.13. The smallest absolute Gasteiger partial charge is 0.118 e. The van der Waals surface area contributed by atoms with Crippen molar-refractivity contribution in [3.63, 3.8) is 0 Å². The first-order chi connectivity index (χ1) is 5.72. The lowest BCUT2D eigenvalue weighted by Crippen LogP contribution is -2.23. The van der Waals surface area contributed by atoms with E-state index in [0.29, 0.717) is 0 Å². The van der Waals surface area contributed by atoms with Crippen molar-refractivity contribution in [2.45, 2.75) is 37.5 Å². The average molecular weight is 177 g/mol. The Morgan fingerprint density at radius 2 is 2.33 bits per heavy atom. The number of rotatable bonds is 4. The molecule has 1 saturated carbocycles. The molecule has 72 valence electrons. The lowest BCUT2D eigenvalue weighted by molar-refractivity contribution is -0.0144. The normalized spacial score (nSPS) is 32.2.